The first-order valence-electron chi connectivity index (χ1n) is 7.67. The SMILES string of the molecule is O=C(O)C1CCCN1C(=O)C1CC(=O)N(c2ccc(Cl)c(F)c2)C1. The number of hydrogen-bond donors (Lipinski definition) is 1. The molecule has 128 valence electrons. The molecule has 0 aromatic heterocycles. The van der Waals surface area contributed by atoms with Gasteiger partial charge in [0.05, 0.1) is 10.9 Å². The van der Waals surface area contributed by atoms with Crippen LogP contribution in [0.2, 0.25) is 5.02 Å². The fourth-order valence-electron chi connectivity index (χ4n) is 3.30. The number of carboxylic acid groups (broad SMARTS) is 1. The molecule has 2 heterocycles. The summed E-state index contributed by atoms with van der Waals surface area (Å²) in [7, 11) is 0. The van der Waals surface area contributed by atoms with E-state index in [0.717, 1.165) is 6.07 Å². The van der Waals surface area contributed by atoms with E-state index in [4.69, 9.17) is 11.6 Å². The monoisotopic (exact) mass is 354 g/mol. The lowest BCUT2D eigenvalue weighted by Gasteiger charge is -2.24. The number of aliphatic carboxylic acids is 1. The summed E-state index contributed by atoms with van der Waals surface area (Å²) in [5.74, 6) is -2.90. The smallest absolute Gasteiger partial charge is 0.326 e. The molecule has 2 saturated heterocycles. The quantitative estimate of drug-likeness (QED) is 0.899. The molecule has 0 saturated carbocycles. The first kappa shape index (κ1) is 16.7. The van der Waals surface area contributed by atoms with Gasteiger partial charge >= 0.3 is 5.97 Å². The fraction of sp³-hybridized carbons (Fsp3) is 0.438. The van der Waals surface area contributed by atoms with Crippen LogP contribution in [0.4, 0.5) is 10.1 Å². The summed E-state index contributed by atoms with van der Waals surface area (Å²) >= 11 is 5.64. The molecule has 1 N–H and O–H groups in total. The lowest BCUT2D eigenvalue weighted by Crippen LogP contribution is -2.44. The standard InChI is InChI=1S/C16H16ClFN2O4/c17-11-4-3-10(7-12(11)18)20-8-9(6-14(20)21)15(22)19-5-1-2-13(19)16(23)24/h3-4,7,9,13H,1-2,5-6,8H2,(H,23,24). The summed E-state index contributed by atoms with van der Waals surface area (Å²) in [4.78, 5) is 38.7. The zero-order valence-electron chi connectivity index (χ0n) is 12.7. The van der Waals surface area contributed by atoms with Gasteiger partial charge in [0.15, 0.2) is 0 Å². The molecular weight excluding hydrogens is 339 g/mol. The van der Waals surface area contributed by atoms with Gasteiger partial charge in [0.25, 0.3) is 0 Å². The van der Waals surface area contributed by atoms with Crippen molar-refractivity contribution >= 4 is 35.1 Å². The highest BCUT2D eigenvalue weighted by Gasteiger charge is 2.42. The first-order chi connectivity index (χ1) is 11.4. The molecule has 2 unspecified atom stereocenters. The van der Waals surface area contributed by atoms with Gasteiger partial charge in [-0.3, -0.25) is 9.59 Å². The van der Waals surface area contributed by atoms with E-state index in [2.05, 4.69) is 0 Å². The van der Waals surface area contributed by atoms with Gasteiger partial charge in [0, 0.05) is 25.2 Å². The van der Waals surface area contributed by atoms with Crippen molar-refractivity contribution in [3.63, 3.8) is 0 Å². The van der Waals surface area contributed by atoms with Crippen LogP contribution in [0.15, 0.2) is 18.2 Å². The van der Waals surface area contributed by atoms with E-state index < -0.39 is 23.7 Å². The molecule has 6 nitrogen and oxygen atoms in total. The second-order valence-corrected chi connectivity index (χ2v) is 6.44. The highest BCUT2D eigenvalue weighted by Crippen LogP contribution is 2.30. The Balaban J connectivity index is 1.75. The van der Waals surface area contributed by atoms with Gasteiger partial charge in [-0.15, -0.1) is 0 Å². The summed E-state index contributed by atoms with van der Waals surface area (Å²) in [6, 6.07) is 3.21. The Morgan fingerprint density at radius 3 is 2.75 bits per heavy atom. The number of halogens is 2. The first-order valence-corrected chi connectivity index (χ1v) is 8.05. The molecule has 8 heteroatoms. The van der Waals surface area contributed by atoms with Gasteiger partial charge in [-0.05, 0) is 31.0 Å². The summed E-state index contributed by atoms with van der Waals surface area (Å²) in [5.41, 5.74) is 0.341. The molecule has 1 aromatic rings. The zero-order chi connectivity index (χ0) is 17.4. The Morgan fingerprint density at radius 1 is 1.33 bits per heavy atom. The molecule has 0 aliphatic carbocycles. The molecule has 24 heavy (non-hydrogen) atoms. The second kappa shape index (κ2) is 6.39. The molecule has 2 aliphatic rings. The fourth-order valence-corrected chi connectivity index (χ4v) is 3.41. The predicted molar refractivity (Wildman–Crippen MR) is 84.2 cm³/mol. The molecule has 0 bridgehead atoms. The Kier molecular flexibility index (Phi) is 4.45. The van der Waals surface area contributed by atoms with Crippen LogP contribution >= 0.6 is 11.6 Å². The lowest BCUT2D eigenvalue weighted by atomic mass is 10.1. The van der Waals surface area contributed by atoms with E-state index >= 15 is 0 Å². The van der Waals surface area contributed by atoms with Crippen molar-refractivity contribution in [3.8, 4) is 0 Å². The van der Waals surface area contributed by atoms with Gasteiger partial charge < -0.3 is 14.9 Å². The van der Waals surface area contributed by atoms with Crippen molar-refractivity contribution in [1.82, 2.24) is 4.90 Å². The largest absolute Gasteiger partial charge is 0.480 e. The van der Waals surface area contributed by atoms with Crippen molar-refractivity contribution in [2.45, 2.75) is 25.3 Å². The van der Waals surface area contributed by atoms with Crippen LogP contribution < -0.4 is 4.90 Å². The maximum atomic E-state index is 13.6. The molecule has 3 rings (SSSR count). The number of rotatable bonds is 3. The van der Waals surface area contributed by atoms with Gasteiger partial charge in [-0.25, -0.2) is 9.18 Å². The number of benzene rings is 1. The topological polar surface area (TPSA) is 77.9 Å². The average Bonchev–Trinajstić information content (AvgIpc) is 3.16. The number of carbonyl (C=O) groups is 3. The highest BCUT2D eigenvalue weighted by molar-refractivity contribution is 6.30. The molecule has 2 amide bonds. The zero-order valence-corrected chi connectivity index (χ0v) is 13.5. The van der Waals surface area contributed by atoms with Crippen LogP contribution in [-0.4, -0.2) is 46.9 Å². The van der Waals surface area contributed by atoms with Crippen molar-refractivity contribution in [2.24, 2.45) is 5.92 Å². The molecular formula is C16H16ClFN2O4. The average molecular weight is 355 g/mol. The van der Waals surface area contributed by atoms with Gasteiger partial charge in [0.1, 0.15) is 11.9 Å². The summed E-state index contributed by atoms with van der Waals surface area (Å²) < 4.78 is 13.6. The molecule has 0 spiro atoms. The van der Waals surface area contributed by atoms with Crippen LogP contribution in [-0.2, 0) is 14.4 Å². The minimum absolute atomic E-state index is 0.00802. The van der Waals surface area contributed by atoms with E-state index in [-0.39, 0.29) is 29.8 Å². The minimum atomic E-state index is -1.03. The van der Waals surface area contributed by atoms with Crippen molar-refractivity contribution < 1.29 is 23.9 Å². The number of hydrogen-bond acceptors (Lipinski definition) is 3. The number of amides is 2. The van der Waals surface area contributed by atoms with Crippen molar-refractivity contribution in [2.75, 3.05) is 18.0 Å². The number of carbonyl (C=O) groups excluding carboxylic acids is 2. The lowest BCUT2D eigenvalue weighted by molar-refractivity contribution is -0.149. The Bertz CT molecular complexity index is 711. The number of carboxylic acids is 1. The maximum absolute atomic E-state index is 13.6. The van der Waals surface area contributed by atoms with Crippen molar-refractivity contribution in [1.29, 1.82) is 0 Å². The van der Waals surface area contributed by atoms with E-state index in [1.54, 1.807) is 0 Å². The Hall–Kier alpha value is -2.15. The van der Waals surface area contributed by atoms with Crippen LogP contribution in [0, 0.1) is 11.7 Å². The van der Waals surface area contributed by atoms with E-state index in [9.17, 15) is 23.9 Å². The van der Waals surface area contributed by atoms with E-state index in [1.807, 2.05) is 0 Å². The number of nitrogens with zero attached hydrogens (tertiary/aromatic N) is 2. The van der Waals surface area contributed by atoms with Crippen LogP contribution in [0.1, 0.15) is 19.3 Å². The molecule has 1 aromatic carbocycles. The third-order valence-electron chi connectivity index (χ3n) is 4.51. The second-order valence-electron chi connectivity index (χ2n) is 6.03. The molecule has 0 radical (unpaired) electrons. The summed E-state index contributed by atoms with van der Waals surface area (Å²) in [6.45, 7) is 0.498. The highest BCUT2D eigenvalue weighted by atomic mass is 35.5. The van der Waals surface area contributed by atoms with E-state index in [1.165, 1.54) is 21.9 Å². The number of likely N-dealkylation sites (tertiary alicyclic amines) is 1. The minimum Gasteiger partial charge on any atom is -0.480 e. The predicted octanol–water partition coefficient (Wildman–Crippen LogP) is 1.91. The molecule has 2 atom stereocenters. The summed E-state index contributed by atoms with van der Waals surface area (Å²) in [6.07, 6.45) is 1.05. The summed E-state index contributed by atoms with van der Waals surface area (Å²) in [5, 5.41) is 9.15. The maximum Gasteiger partial charge on any atom is 0.326 e. The molecule has 2 aliphatic heterocycles. The van der Waals surface area contributed by atoms with Gasteiger partial charge in [-0.1, -0.05) is 11.6 Å². The Labute approximate surface area is 142 Å². The van der Waals surface area contributed by atoms with Crippen LogP contribution in [0.3, 0.4) is 0 Å². The third-order valence-corrected chi connectivity index (χ3v) is 4.82. The third kappa shape index (κ3) is 2.96. The Morgan fingerprint density at radius 2 is 2.08 bits per heavy atom. The van der Waals surface area contributed by atoms with E-state index in [0.29, 0.717) is 25.1 Å². The van der Waals surface area contributed by atoms with Gasteiger partial charge in [-0.2, -0.15) is 0 Å². The van der Waals surface area contributed by atoms with Gasteiger partial charge in [0.2, 0.25) is 11.8 Å². The van der Waals surface area contributed by atoms with Crippen LogP contribution in [0.25, 0.3) is 0 Å². The number of anilines is 1. The van der Waals surface area contributed by atoms with Crippen LogP contribution in [0.5, 0.6) is 0 Å². The van der Waals surface area contributed by atoms with Crippen molar-refractivity contribution in [3.05, 3.63) is 29.0 Å². The molecule has 2 fully saturated rings. The normalized spacial score (nSPS) is 23.8.